The summed E-state index contributed by atoms with van der Waals surface area (Å²) in [5, 5.41) is 0. The van der Waals surface area contributed by atoms with Crippen molar-refractivity contribution in [2.45, 2.75) is 20.8 Å². The number of ketones is 1. The van der Waals surface area contributed by atoms with Crippen LogP contribution in [-0.4, -0.2) is 15.8 Å². The van der Waals surface area contributed by atoms with Crippen molar-refractivity contribution in [2.24, 2.45) is 0 Å². The zero-order chi connectivity index (χ0) is 15.2. The van der Waals surface area contributed by atoms with Crippen molar-refractivity contribution in [2.75, 3.05) is 0 Å². The monoisotopic (exact) mass is 278 g/mol. The molecule has 1 aromatic heterocycles. The van der Waals surface area contributed by atoms with E-state index in [9.17, 15) is 4.79 Å². The van der Waals surface area contributed by atoms with Crippen LogP contribution in [0.15, 0.2) is 42.5 Å². The Morgan fingerprint density at radius 3 is 2.19 bits per heavy atom. The first kappa shape index (κ1) is 14.9. The molecular formula is C18H18N2O. The van der Waals surface area contributed by atoms with Gasteiger partial charge in [0.25, 0.3) is 0 Å². The molecule has 0 aliphatic carbocycles. The average molecular weight is 278 g/mol. The minimum absolute atomic E-state index is 0.0710. The third kappa shape index (κ3) is 4.21. The molecule has 0 saturated heterocycles. The first-order valence-electron chi connectivity index (χ1n) is 6.83. The van der Waals surface area contributed by atoms with Gasteiger partial charge in [0.05, 0.1) is 22.8 Å². The molecule has 0 atom stereocenters. The van der Waals surface area contributed by atoms with Gasteiger partial charge in [-0.15, -0.1) is 0 Å². The smallest absolute Gasteiger partial charge is 0.178 e. The summed E-state index contributed by atoms with van der Waals surface area (Å²) in [6.07, 6.45) is 6.58. The van der Waals surface area contributed by atoms with Crippen LogP contribution in [0.25, 0.3) is 12.2 Å². The van der Waals surface area contributed by atoms with Crippen LogP contribution in [-0.2, 0) is 4.79 Å². The summed E-state index contributed by atoms with van der Waals surface area (Å²) in [5.74, 6) is -0.0710. The molecule has 0 radical (unpaired) electrons. The molecule has 2 aromatic rings. The second-order valence-corrected chi connectivity index (χ2v) is 4.84. The van der Waals surface area contributed by atoms with Gasteiger partial charge in [-0.3, -0.25) is 9.78 Å². The Morgan fingerprint density at radius 1 is 0.857 bits per heavy atom. The van der Waals surface area contributed by atoms with E-state index in [-0.39, 0.29) is 5.78 Å². The summed E-state index contributed by atoms with van der Waals surface area (Å²) >= 11 is 0. The average Bonchev–Trinajstić information content (AvgIpc) is 2.48. The van der Waals surface area contributed by atoms with Gasteiger partial charge < -0.3 is 0 Å². The molecular weight excluding hydrogens is 260 g/mol. The summed E-state index contributed by atoms with van der Waals surface area (Å²) in [6.45, 7) is 5.73. The Morgan fingerprint density at radius 2 is 1.48 bits per heavy atom. The highest BCUT2D eigenvalue weighted by atomic mass is 16.1. The number of nitrogens with zero attached hydrogens (tertiary/aromatic N) is 2. The molecule has 3 heteroatoms. The van der Waals surface area contributed by atoms with Gasteiger partial charge in [0.15, 0.2) is 5.78 Å². The van der Waals surface area contributed by atoms with E-state index >= 15 is 0 Å². The Balaban J connectivity index is 2.09. The lowest BCUT2D eigenvalue weighted by atomic mass is 10.2. The second kappa shape index (κ2) is 6.75. The molecule has 0 N–H and O–H groups in total. The van der Waals surface area contributed by atoms with Crippen molar-refractivity contribution >= 4 is 17.9 Å². The Labute approximate surface area is 125 Å². The van der Waals surface area contributed by atoms with Crippen LogP contribution in [0.5, 0.6) is 0 Å². The maximum absolute atomic E-state index is 11.8. The van der Waals surface area contributed by atoms with E-state index in [2.05, 4.69) is 9.97 Å². The molecule has 21 heavy (non-hydrogen) atoms. The number of hydrogen-bond acceptors (Lipinski definition) is 3. The number of carbonyl (C=O) groups is 1. The van der Waals surface area contributed by atoms with Crippen LogP contribution in [0.1, 0.15) is 28.3 Å². The summed E-state index contributed by atoms with van der Waals surface area (Å²) in [5.41, 5.74) is 4.36. The SMILES string of the molecule is Cc1nc(C)c(/C=C/C(=O)/C=C/c2ccccc2)nc1C. The van der Waals surface area contributed by atoms with E-state index < -0.39 is 0 Å². The fourth-order valence-corrected chi connectivity index (χ4v) is 1.85. The Bertz CT molecular complexity index is 701. The summed E-state index contributed by atoms with van der Waals surface area (Å²) in [7, 11) is 0. The van der Waals surface area contributed by atoms with Crippen molar-refractivity contribution in [1.29, 1.82) is 0 Å². The fourth-order valence-electron chi connectivity index (χ4n) is 1.85. The lowest BCUT2D eigenvalue weighted by Gasteiger charge is -2.03. The van der Waals surface area contributed by atoms with Gasteiger partial charge in [0.1, 0.15) is 0 Å². The molecule has 0 aliphatic rings. The minimum atomic E-state index is -0.0710. The third-order valence-corrected chi connectivity index (χ3v) is 3.16. The highest BCUT2D eigenvalue weighted by Gasteiger charge is 2.02. The van der Waals surface area contributed by atoms with Crippen molar-refractivity contribution < 1.29 is 4.79 Å². The molecule has 0 unspecified atom stereocenters. The predicted octanol–water partition coefficient (Wildman–Crippen LogP) is 3.70. The van der Waals surface area contributed by atoms with Crippen molar-refractivity contribution in [1.82, 2.24) is 9.97 Å². The van der Waals surface area contributed by atoms with E-state index in [1.807, 2.05) is 51.1 Å². The lowest BCUT2D eigenvalue weighted by Crippen LogP contribution is -1.99. The fraction of sp³-hybridized carbons (Fsp3) is 0.167. The second-order valence-electron chi connectivity index (χ2n) is 4.84. The van der Waals surface area contributed by atoms with Crippen molar-refractivity contribution in [3.8, 4) is 0 Å². The summed E-state index contributed by atoms with van der Waals surface area (Å²) in [4.78, 5) is 20.7. The van der Waals surface area contributed by atoms with Gasteiger partial charge in [-0.25, -0.2) is 4.98 Å². The quantitative estimate of drug-likeness (QED) is 0.801. The standard InChI is InChI=1S/C18H18N2O/c1-13-14(2)20-18(15(3)19-13)12-11-17(21)10-9-16-7-5-4-6-8-16/h4-12H,1-3H3/b10-9+,12-11+. The van der Waals surface area contributed by atoms with Gasteiger partial charge in [-0.2, -0.15) is 0 Å². The van der Waals surface area contributed by atoms with Crippen LogP contribution in [0.3, 0.4) is 0 Å². The largest absolute Gasteiger partial charge is 0.290 e. The molecule has 2 rings (SSSR count). The van der Waals surface area contributed by atoms with Crippen LogP contribution in [0.2, 0.25) is 0 Å². The number of carbonyl (C=O) groups excluding carboxylic acids is 1. The van der Waals surface area contributed by atoms with Gasteiger partial charge in [-0.1, -0.05) is 36.4 Å². The number of aryl methyl sites for hydroxylation is 3. The van der Waals surface area contributed by atoms with E-state index in [1.165, 1.54) is 6.08 Å². The molecule has 0 bridgehead atoms. The molecule has 0 spiro atoms. The molecule has 0 fully saturated rings. The number of hydrogen-bond donors (Lipinski definition) is 0. The number of rotatable bonds is 4. The van der Waals surface area contributed by atoms with Crippen molar-refractivity contribution in [3.05, 3.63) is 70.8 Å². The maximum Gasteiger partial charge on any atom is 0.178 e. The van der Waals surface area contributed by atoms with Crippen LogP contribution in [0, 0.1) is 20.8 Å². The van der Waals surface area contributed by atoms with Crippen LogP contribution >= 0.6 is 0 Å². The first-order chi connectivity index (χ1) is 10.1. The van der Waals surface area contributed by atoms with Crippen LogP contribution < -0.4 is 0 Å². The molecule has 0 saturated carbocycles. The Kier molecular flexibility index (Phi) is 4.77. The molecule has 0 aliphatic heterocycles. The zero-order valence-electron chi connectivity index (χ0n) is 12.5. The van der Waals surface area contributed by atoms with E-state index in [4.69, 9.17) is 0 Å². The topological polar surface area (TPSA) is 42.9 Å². The van der Waals surface area contributed by atoms with Crippen LogP contribution in [0.4, 0.5) is 0 Å². The number of aromatic nitrogens is 2. The van der Waals surface area contributed by atoms with Gasteiger partial charge in [0.2, 0.25) is 0 Å². The molecule has 1 heterocycles. The zero-order valence-corrected chi connectivity index (χ0v) is 12.5. The van der Waals surface area contributed by atoms with E-state index in [0.717, 1.165) is 28.3 Å². The lowest BCUT2D eigenvalue weighted by molar-refractivity contribution is -0.110. The van der Waals surface area contributed by atoms with E-state index in [1.54, 1.807) is 18.2 Å². The minimum Gasteiger partial charge on any atom is -0.290 e. The summed E-state index contributed by atoms with van der Waals surface area (Å²) in [6, 6.07) is 9.72. The van der Waals surface area contributed by atoms with E-state index in [0.29, 0.717) is 0 Å². The predicted molar refractivity (Wildman–Crippen MR) is 85.8 cm³/mol. The highest BCUT2D eigenvalue weighted by Crippen LogP contribution is 2.09. The molecule has 1 aromatic carbocycles. The van der Waals surface area contributed by atoms with Gasteiger partial charge in [-0.05, 0) is 44.6 Å². The number of allylic oxidation sites excluding steroid dienone is 2. The van der Waals surface area contributed by atoms with Gasteiger partial charge >= 0.3 is 0 Å². The molecule has 0 amide bonds. The Hall–Kier alpha value is -2.55. The van der Waals surface area contributed by atoms with Crippen molar-refractivity contribution in [3.63, 3.8) is 0 Å². The number of benzene rings is 1. The first-order valence-corrected chi connectivity index (χ1v) is 6.83. The summed E-state index contributed by atoms with van der Waals surface area (Å²) < 4.78 is 0. The maximum atomic E-state index is 11.8. The third-order valence-electron chi connectivity index (χ3n) is 3.16. The normalized spacial score (nSPS) is 11.4. The van der Waals surface area contributed by atoms with Gasteiger partial charge in [0, 0.05) is 0 Å². The molecule has 106 valence electrons. The molecule has 3 nitrogen and oxygen atoms in total. The highest BCUT2D eigenvalue weighted by molar-refractivity contribution is 6.04.